The van der Waals surface area contributed by atoms with Crippen molar-refractivity contribution >= 4 is 35.1 Å². The molecule has 3 aromatic rings. The SMILES string of the molecule is COc1cc2c(cc1O)Oc1c(cc(OC)c(O)c1Cl)C21OC(=O)c2cc(Cl)c(C(=O)O)cc21. The fourth-order valence-corrected chi connectivity index (χ4v) is 4.77. The molecule has 11 heteroatoms. The summed E-state index contributed by atoms with van der Waals surface area (Å²) in [5.41, 5.74) is -1.54. The number of esters is 1. The van der Waals surface area contributed by atoms with Crippen LogP contribution in [0.4, 0.5) is 0 Å². The number of carbonyl (C=O) groups is 2. The van der Waals surface area contributed by atoms with E-state index in [0.29, 0.717) is 0 Å². The Kier molecular flexibility index (Phi) is 4.75. The number of carbonyl (C=O) groups excluding carboxylic acids is 1. The van der Waals surface area contributed by atoms with Gasteiger partial charge >= 0.3 is 11.9 Å². The van der Waals surface area contributed by atoms with Crippen LogP contribution in [-0.4, -0.2) is 41.5 Å². The maximum atomic E-state index is 13.1. The Balaban J connectivity index is 1.97. The molecule has 3 N–H and O–H groups in total. The molecule has 3 aromatic carbocycles. The van der Waals surface area contributed by atoms with Gasteiger partial charge in [0.15, 0.2) is 34.3 Å². The normalized spacial score (nSPS) is 17.4. The van der Waals surface area contributed by atoms with Crippen LogP contribution in [0, 0.1) is 0 Å². The summed E-state index contributed by atoms with van der Waals surface area (Å²) in [6.45, 7) is 0. The summed E-state index contributed by atoms with van der Waals surface area (Å²) in [4.78, 5) is 24.9. The third-order valence-corrected chi connectivity index (χ3v) is 6.48. The van der Waals surface area contributed by atoms with Gasteiger partial charge in [-0.1, -0.05) is 23.2 Å². The molecule has 1 atom stereocenters. The van der Waals surface area contributed by atoms with Crippen molar-refractivity contribution < 1.29 is 43.9 Å². The van der Waals surface area contributed by atoms with Gasteiger partial charge in [0.2, 0.25) is 0 Å². The summed E-state index contributed by atoms with van der Waals surface area (Å²) < 4.78 is 22.3. The lowest BCUT2D eigenvalue weighted by atomic mass is 9.77. The van der Waals surface area contributed by atoms with E-state index in [0.717, 1.165) is 0 Å². The highest BCUT2D eigenvalue weighted by molar-refractivity contribution is 6.34. The van der Waals surface area contributed by atoms with Crippen LogP contribution in [0.15, 0.2) is 30.3 Å². The predicted octanol–water partition coefficient (Wildman–Crippen LogP) is 4.69. The summed E-state index contributed by atoms with van der Waals surface area (Å²) in [6, 6.07) is 6.45. The van der Waals surface area contributed by atoms with Gasteiger partial charge in [0.1, 0.15) is 10.8 Å². The smallest absolute Gasteiger partial charge is 0.340 e. The largest absolute Gasteiger partial charge is 0.504 e. The van der Waals surface area contributed by atoms with Crippen molar-refractivity contribution in [3.05, 3.63) is 68.2 Å². The molecule has 2 aliphatic rings. The van der Waals surface area contributed by atoms with Gasteiger partial charge in [-0.05, 0) is 24.3 Å². The van der Waals surface area contributed by atoms with E-state index in [1.807, 2.05) is 0 Å². The fourth-order valence-electron chi connectivity index (χ4n) is 4.29. The second-order valence-corrected chi connectivity index (χ2v) is 8.28. The number of ether oxygens (including phenoxy) is 4. The first-order chi connectivity index (χ1) is 16.1. The zero-order valence-corrected chi connectivity index (χ0v) is 18.9. The monoisotopic (exact) mass is 504 g/mol. The highest BCUT2D eigenvalue weighted by atomic mass is 35.5. The highest BCUT2D eigenvalue weighted by Crippen LogP contribution is 2.61. The average molecular weight is 505 g/mol. The Hall–Kier alpha value is -3.82. The summed E-state index contributed by atoms with van der Waals surface area (Å²) in [5.74, 6) is -2.86. The molecule has 1 spiro atoms. The van der Waals surface area contributed by atoms with Crippen molar-refractivity contribution in [1.29, 1.82) is 0 Å². The molecule has 0 radical (unpaired) electrons. The number of carboxylic acids is 1. The average Bonchev–Trinajstić information content (AvgIpc) is 3.07. The van der Waals surface area contributed by atoms with Crippen molar-refractivity contribution in [3.63, 3.8) is 0 Å². The number of fused-ring (bicyclic) bond motifs is 6. The molecule has 0 saturated carbocycles. The molecule has 34 heavy (non-hydrogen) atoms. The number of aromatic carboxylic acids is 1. The number of benzene rings is 3. The number of rotatable bonds is 3. The van der Waals surface area contributed by atoms with Gasteiger partial charge in [0, 0.05) is 11.6 Å². The Morgan fingerprint density at radius 3 is 2.29 bits per heavy atom. The number of methoxy groups -OCH3 is 2. The van der Waals surface area contributed by atoms with Crippen LogP contribution in [0.25, 0.3) is 0 Å². The lowest BCUT2D eigenvalue weighted by molar-refractivity contribution is 0.0222. The minimum atomic E-state index is -1.80. The van der Waals surface area contributed by atoms with E-state index in [9.17, 15) is 24.9 Å². The van der Waals surface area contributed by atoms with Gasteiger partial charge in [-0.15, -0.1) is 0 Å². The molecule has 2 heterocycles. The topological polar surface area (TPSA) is 132 Å². The molecule has 0 aliphatic carbocycles. The Bertz CT molecular complexity index is 1430. The number of hydrogen-bond donors (Lipinski definition) is 3. The second kappa shape index (κ2) is 7.34. The Labute approximate surface area is 201 Å². The Morgan fingerprint density at radius 1 is 0.971 bits per heavy atom. The van der Waals surface area contributed by atoms with E-state index in [-0.39, 0.29) is 66.6 Å². The molecule has 174 valence electrons. The van der Waals surface area contributed by atoms with Crippen molar-refractivity contribution in [3.8, 4) is 34.5 Å². The van der Waals surface area contributed by atoms with Crippen LogP contribution in [-0.2, 0) is 10.3 Å². The first-order valence-electron chi connectivity index (χ1n) is 9.64. The molecule has 0 amide bonds. The van der Waals surface area contributed by atoms with Crippen molar-refractivity contribution in [2.45, 2.75) is 5.60 Å². The predicted molar refractivity (Wildman–Crippen MR) is 118 cm³/mol. The highest BCUT2D eigenvalue weighted by Gasteiger charge is 2.55. The summed E-state index contributed by atoms with van der Waals surface area (Å²) >= 11 is 12.5. The maximum absolute atomic E-state index is 13.1. The number of halogens is 2. The molecular formula is C23H14Cl2O9. The number of phenolic OH excluding ortho intramolecular Hbond substituents is 2. The van der Waals surface area contributed by atoms with Gasteiger partial charge in [-0.25, -0.2) is 9.59 Å². The molecule has 0 aromatic heterocycles. The van der Waals surface area contributed by atoms with E-state index >= 15 is 0 Å². The Morgan fingerprint density at radius 2 is 1.65 bits per heavy atom. The third kappa shape index (κ3) is 2.74. The lowest BCUT2D eigenvalue weighted by Crippen LogP contribution is -2.33. The first kappa shape index (κ1) is 22.0. The summed E-state index contributed by atoms with van der Waals surface area (Å²) in [6.07, 6.45) is 0. The van der Waals surface area contributed by atoms with Crippen LogP contribution in [0.1, 0.15) is 37.4 Å². The number of aromatic hydroxyl groups is 2. The van der Waals surface area contributed by atoms with Crippen LogP contribution in [0.5, 0.6) is 34.5 Å². The van der Waals surface area contributed by atoms with Gasteiger partial charge < -0.3 is 34.3 Å². The van der Waals surface area contributed by atoms with E-state index in [2.05, 4.69) is 0 Å². The molecular weight excluding hydrogens is 491 g/mol. The zero-order chi connectivity index (χ0) is 24.5. The van der Waals surface area contributed by atoms with Crippen molar-refractivity contribution in [2.24, 2.45) is 0 Å². The fraction of sp³-hybridized carbons (Fsp3) is 0.130. The van der Waals surface area contributed by atoms with Crippen LogP contribution >= 0.6 is 23.2 Å². The number of carboxylic acid groups (broad SMARTS) is 1. The van der Waals surface area contributed by atoms with Gasteiger partial charge in [-0.3, -0.25) is 0 Å². The molecule has 0 bridgehead atoms. The first-order valence-corrected chi connectivity index (χ1v) is 10.4. The minimum absolute atomic E-state index is 0.0176. The van der Waals surface area contributed by atoms with E-state index in [1.165, 1.54) is 44.6 Å². The van der Waals surface area contributed by atoms with Crippen molar-refractivity contribution in [2.75, 3.05) is 14.2 Å². The standard InChI is InChI=1S/C23H14Cl2O9/c1-31-16-5-11-15(7-14(16)26)33-20-12(6-17(32-2)19(27)18(20)25)23(11)10-3-9(21(28)29)13(24)4-8(10)22(30)34-23/h3-7,26-27H,1-2H3,(H,28,29). The third-order valence-electron chi connectivity index (χ3n) is 5.81. The summed E-state index contributed by atoms with van der Waals surface area (Å²) in [7, 11) is 2.64. The van der Waals surface area contributed by atoms with E-state index in [4.69, 9.17) is 42.1 Å². The number of hydrogen-bond acceptors (Lipinski definition) is 8. The summed E-state index contributed by atoms with van der Waals surface area (Å²) in [5, 5.41) is 30.1. The molecule has 0 fully saturated rings. The van der Waals surface area contributed by atoms with Crippen LogP contribution in [0.2, 0.25) is 10.0 Å². The molecule has 1 unspecified atom stereocenters. The van der Waals surface area contributed by atoms with E-state index in [1.54, 1.807) is 0 Å². The van der Waals surface area contributed by atoms with Crippen LogP contribution < -0.4 is 14.2 Å². The van der Waals surface area contributed by atoms with Crippen molar-refractivity contribution in [1.82, 2.24) is 0 Å². The molecule has 2 aliphatic heterocycles. The molecule has 9 nitrogen and oxygen atoms in total. The molecule has 0 saturated heterocycles. The minimum Gasteiger partial charge on any atom is -0.504 e. The zero-order valence-electron chi connectivity index (χ0n) is 17.4. The second-order valence-electron chi connectivity index (χ2n) is 7.49. The quantitative estimate of drug-likeness (QED) is 0.434. The van der Waals surface area contributed by atoms with Crippen LogP contribution in [0.3, 0.4) is 0 Å². The van der Waals surface area contributed by atoms with E-state index < -0.39 is 23.3 Å². The molecule has 5 rings (SSSR count). The number of phenols is 2. The van der Waals surface area contributed by atoms with Gasteiger partial charge in [0.05, 0.1) is 41.5 Å². The maximum Gasteiger partial charge on any atom is 0.340 e. The lowest BCUT2D eigenvalue weighted by Gasteiger charge is -2.37. The van der Waals surface area contributed by atoms with Gasteiger partial charge in [-0.2, -0.15) is 0 Å². The van der Waals surface area contributed by atoms with Gasteiger partial charge in [0.25, 0.3) is 0 Å².